The predicted octanol–water partition coefficient (Wildman–Crippen LogP) is 2.77. The molecule has 1 saturated carbocycles. The molecule has 1 aliphatic carbocycles. The van der Waals surface area contributed by atoms with E-state index in [-0.39, 0.29) is 5.91 Å². The lowest BCUT2D eigenvalue weighted by molar-refractivity contribution is -0.133. The van der Waals surface area contributed by atoms with Crippen LogP contribution in [0.15, 0.2) is 24.3 Å². The minimum Gasteiger partial charge on any atom is -0.390 e. The number of likely N-dealkylation sites (tertiary alicyclic amines) is 1. The Bertz CT molecular complexity index is 668. The number of carbonyl (C=O) groups excluding carboxylic acids is 2. The molecule has 1 aliphatic heterocycles. The van der Waals surface area contributed by atoms with E-state index in [1.807, 2.05) is 29.2 Å². The number of nitrogens with zero attached hydrogens (tertiary/aromatic N) is 1. The van der Waals surface area contributed by atoms with Gasteiger partial charge in [0.1, 0.15) is 0 Å². The normalized spacial score (nSPS) is 18.4. The quantitative estimate of drug-likeness (QED) is 0.773. The summed E-state index contributed by atoms with van der Waals surface area (Å²) in [6.45, 7) is 5.91. The number of benzene rings is 1. The number of carbonyl (C=O) groups is 2. The summed E-state index contributed by atoms with van der Waals surface area (Å²) in [7, 11) is 0. The van der Waals surface area contributed by atoms with Crippen LogP contribution in [0.5, 0.6) is 0 Å². The van der Waals surface area contributed by atoms with E-state index in [4.69, 9.17) is 0 Å². The summed E-state index contributed by atoms with van der Waals surface area (Å²) >= 11 is 0. The van der Waals surface area contributed by atoms with Crippen LogP contribution >= 0.6 is 0 Å². The van der Waals surface area contributed by atoms with Gasteiger partial charge >= 0.3 is 0 Å². The number of hydrogen-bond donors (Lipinski definition) is 2. The van der Waals surface area contributed by atoms with Crippen LogP contribution in [0.25, 0.3) is 0 Å². The molecule has 2 N–H and O–H groups in total. The monoisotopic (exact) mass is 372 g/mol. The van der Waals surface area contributed by atoms with E-state index < -0.39 is 5.60 Å². The van der Waals surface area contributed by atoms with E-state index in [2.05, 4.69) is 5.32 Å². The molecule has 5 nitrogen and oxygen atoms in total. The molecule has 2 fully saturated rings. The van der Waals surface area contributed by atoms with Gasteiger partial charge in [0.05, 0.1) is 5.60 Å². The van der Waals surface area contributed by atoms with E-state index in [1.54, 1.807) is 13.8 Å². The van der Waals surface area contributed by atoms with Crippen molar-refractivity contribution < 1.29 is 14.7 Å². The molecule has 1 heterocycles. The molecular weight excluding hydrogens is 340 g/mol. The van der Waals surface area contributed by atoms with Crippen molar-refractivity contribution in [1.29, 1.82) is 0 Å². The van der Waals surface area contributed by atoms with E-state index >= 15 is 0 Å². The molecule has 27 heavy (non-hydrogen) atoms. The summed E-state index contributed by atoms with van der Waals surface area (Å²) < 4.78 is 0. The fourth-order valence-electron chi connectivity index (χ4n) is 3.60. The molecule has 0 aromatic heterocycles. The summed E-state index contributed by atoms with van der Waals surface area (Å²) in [6.07, 6.45) is 5.45. The second-order valence-electron chi connectivity index (χ2n) is 8.77. The molecule has 2 aliphatic rings. The minimum atomic E-state index is -0.700. The molecular formula is C22H32N2O3. The highest BCUT2D eigenvalue weighted by Gasteiger charge is 2.34. The van der Waals surface area contributed by atoms with Gasteiger partial charge in [-0.25, -0.2) is 0 Å². The van der Waals surface area contributed by atoms with Gasteiger partial charge in [0.15, 0.2) is 0 Å². The van der Waals surface area contributed by atoms with Crippen LogP contribution in [0.2, 0.25) is 0 Å². The largest absolute Gasteiger partial charge is 0.390 e. The van der Waals surface area contributed by atoms with Gasteiger partial charge in [-0.15, -0.1) is 0 Å². The summed E-state index contributed by atoms with van der Waals surface area (Å²) in [5.74, 6) is 1.03. The molecule has 0 bridgehead atoms. The third-order valence-corrected chi connectivity index (χ3v) is 5.62. The summed E-state index contributed by atoms with van der Waals surface area (Å²) in [5, 5.41) is 12.9. The molecule has 1 aromatic rings. The molecule has 0 atom stereocenters. The SMILES string of the molecule is CC(C)(O)CCc1cccc(C(=O)NCC2CCN(C(=O)C3CC3)CC2)c1. The van der Waals surface area contributed by atoms with Gasteiger partial charge in [0.2, 0.25) is 5.91 Å². The number of piperidine rings is 1. The Morgan fingerprint density at radius 2 is 1.89 bits per heavy atom. The van der Waals surface area contributed by atoms with Gasteiger partial charge in [-0.1, -0.05) is 12.1 Å². The third-order valence-electron chi connectivity index (χ3n) is 5.62. The zero-order valence-corrected chi connectivity index (χ0v) is 16.5. The first kappa shape index (κ1) is 19.9. The first-order valence-corrected chi connectivity index (χ1v) is 10.2. The lowest BCUT2D eigenvalue weighted by Gasteiger charge is -2.32. The van der Waals surface area contributed by atoms with E-state index in [0.717, 1.165) is 50.8 Å². The smallest absolute Gasteiger partial charge is 0.251 e. The Hall–Kier alpha value is -1.88. The van der Waals surface area contributed by atoms with Gasteiger partial charge in [0.25, 0.3) is 5.91 Å². The van der Waals surface area contributed by atoms with Crippen LogP contribution < -0.4 is 5.32 Å². The Balaban J connectivity index is 1.43. The standard InChI is InChI=1S/C22H32N2O3/c1-22(2,27)11-8-16-4-3-5-19(14-16)20(25)23-15-17-9-12-24(13-10-17)21(26)18-6-7-18/h3-5,14,17-18,27H,6-13,15H2,1-2H3,(H,23,25). The molecule has 3 rings (SSSR count). The maximum absolute atomic E-state index is 12.5. The van der Waals surface area contributed by atoms with Gasteiger partial charge in [-0.2, -0.15) is 0 Å². The Labute approximate surface area is 162 Å². The minimum absolute atomic E-state index is 0.0448. The van der Waals surface area contributed by atoms with Crippen molar-refractivity contribution in [3.05, 3.63) is 35.4 Å². The summed E-state index contributed by atoms with van der Waals surface area (Å²) in [6, 6.07) is 7.64. The maximum atomic E-state index is 12.5. The topological polar surface area (TPSA) is 69.6 Å². The Morgan fingerprint density at radius 3 is 2.52 bits per heavy atom. The zero-order chi connectivity index (χ0) is 19.4. The number of aryl methyl sites for hydroxylation is 1. The first-order chi connectivity index (χ1) is 12.8. The summed E-state index contributed by atoms with van der Waals surface area (Å²) in [4.78, 5) is 26.6. The van der Waals surface area contributed by atoms with Crippen molar-refractivity contribution in [3.8, 4) is 0 Å². The number of amides is 2. The average molecular weight is 373 g/mol. The predicted molar refractivity (Wildman–Crippen MR) is 105 cm³/mol. The molecule has 0 radical (unpaired) electrons. The molecule has 0 unspecified atom stereocenters. The van der Waals surface area contributed by atoms with Gasteiger partial charge in [0, 0.05) is 31.1 Å². The van der Waals surface area contributed by atoms with E-state index in [1.165, 1.54) is 0 Å². The van der Waals surface area contributed by atoms with Gasteiger partial charge < -0.3 is 15.3 Å². The van der Waals surface area contributed by atoms with Crippen LogP contribution in [0.4, 0.5) is 0 Å². The van der Waals surface area contributed by atoms with Gasteiger partial charge in [-0.05, 0) is 76.0 Å². The zero-order valence-electron chi connectivity index (χ0n) is 16.5. The van der Waals surface area contributed by atoms with Crippen LogP contribution in [0.3, 0.4) is 0 Å². The number of rotatable bonds is 7. The molecule has 148 valence electrons. The van der Waals surface area contributed by atoms with E-state index in [9.17, 15) is 14.7 Å². The molecule has 1 saturated heterocycles. The van der Waals surface area contributed by atoms with Crippen LogP contribution in [0.1, 0.15) is 61.9 Å². The fraction of sp³-hybridized carbons (Fsp3) is 0.636. The van der Waals surface area contributed by atoms with Crippen molar-refractivity contribution in [2.24, 2.45) is 11.8 Å². The van der Waals surface area contributed by atoms with Crippen LogP contribution in [0, 0.1) is 11.8 Å². The Kier molecular flexibility index (Phi) is 6.20. The number of hydrogen-bond acceptors (Lipinski definition) is 3. The molecule has 5 heteroatoms. The lowest BCUT2D eigenvalue weighted by Crippen LogP contribution is -2.42. The molecule has 0 spiro atoms. The van der Waals surface area contributed by atoms with E-state index in [0.29, 0.717) is 36.3 Å². The average Bonchev–Trinajstić information content (AvgIpc) is 3.49. The lowest BCUT2D eigenvalue weighted by atomic mass is 9.96. The first-order valence-electron chi connectivity index (χ1n) is 10.2. The van der Waals surface area contributed by atoms with Crippen molar-refractivity contribution in [2.45, 2.75) is 58.0 Å². The Morgan fingerprint density at radius 1 is 1.19 bits per heavy atom. The number of aliphatic hydroxyl groups is 1. The van der Waals surface area contributed by atoms with Crippen LogP contribution in [-0.2, 0) is 11.2 Å². The van der Waals surface area contributed by atoms with Crippen molar-refractivity contribution in [1.82, 2.24) is 10.2 Å². The summed E-state index contributed by atoms with van der Waals surface area (Å²) in [5.41, 5.74) is 1.04. The second kappa shape index (κ2) is 8.42. The second-order valence-corrected chi connectivity index (χ2v) is 8.77. The third kappa shape index (κ3) is 6.06. The fourth-order valence-corrected chi connectivity index (χ4v) is 3.60. The van der Waals surface area contributed by atoms with Crippen molar-refractivity contribution in [2.75, 3.05) is 19.6 Å². The van der Waals surface area contributed by atoms with Gasteiger partial charge in [-0.3, -0.25) is 9.59 Å². The number of nitrogens with one attached hydrogen (secondary N) is 1. The maximum Gasteiger partial charge on any atom is 0.251 e. The van der Waals surface area contributed by atoms with Crippen LogP contribution in [-0.4, -0.2) is 47.1 Å². The highest BCUT2D eigenvalue weighted by molar-refractivity contribution is 5.94. The van der Waals surface area contributed by atoms with Crippen molar-refractivity contribution in [3.63, 3.8) is 0 Å². The highest BCUT2D eigenvalue weighted by Crippen LogP contribution is 2.32. The molecule has 1 aromatic carbocycles. The van der Waals surface area contributed by atoms with Crippen molar-refractivity contribution >= 4 is 11.8 Å². The highest BCUT2D eigenvalue weighted by atomic mass is 16.3. The molecule has 2 amide bonds.